The van der Waals surface area contributed by atoms with Gasteiger partial charge in [0.05, 0.1) is 5.69 Å². The van der Waals surface area contributed by atoms with Gasteiger partial charge >= 0.3 is 0 Å². The summed E-state index contributed by atoms with van der Waals surface area (Å²) in [7, 11) is 0. The lowest BCUT2D eigenvalue weighted by Gasteiger charge is -2.04. The van der Waals surface area contributed by atoms with Crippen molar-refractivity contribution in [1.29, 1.82) is 0 Å². The Bertz CT molecular complexity index is 361. The largest absolute Gasteiger partial charge is 0.261 e. The maximum atomic E-state index is 4.32. The standard InChI is InChI=1S/C11H9N/c1-2-8-4-5-11-10(6-7-12-11)9(8)3-1/h1-2,4-5,7H,3,6H2. The summed E-state index contributed by atoms with van der Waals surface area (Å²) in [6.07, 6.45) is 8.56. The second-order valence-corrected chi connectivity index (χ2v) is 3.25. The first-order chi connectivity index (χ1) is 5.95. The van der Waals surface area contributed by atoms with Gasteiger partial charge in [0.25, 0.3) is 0 Å². The van der Waals surface area contributed by atoms with E-state index in [4.69, 9.17) is 0 Å². The van der Waals surface area contributed by atoms with E-state index in [1.807, 2.05) is 6.21 Å². The molecular weight excluding hydrogens is 146 g/mol. The van der Waals surface area contributed by atoms with Crippen molar-refractivity contribution in [3.05, 3.63) is 34.9 Å². The first-order valence-corrected chi connectivity index (χ1v) is 4.29. The molecule has 12 heavy (non-hydrogen) atoms. The molecule has 1 aromatic carbocycles. The third-order valence-electron chi connectivity index (χ3n) is 2.59. The van der Waals surface area contributed by atoms with Crippen LogP contribution in [0, 0.1) is 0 Å². The molecule has 0 bridgehead atoms. The van der Waals surface area contributed by atoms with Crippen LogP contribution in [-0.2, 0) is 12.8 Å². The number of fused-ring (bicyclic) bond motifs is 3. The lowest BCUT2D eigenvalue weighted by atomic mass is 10.0. The number of nitrogens with zero attached hydrogens (tertiary/aromatic N) is 1. The third kappa shape index (κ3) is 0.658. The van der Waals surface area contributed by atoms with Gasteiger partial charge in [-0.1, -0.05) is 18.2 Å². The van der Waals surface area contributed by atoms with Crippen molar-refractivity contribution >= 4 is 18.0 Å². The Hall–Kier alpha value is -1.37. The van der Waals surface area contributed by atoms with Crippen molar-refractivity contribution in [2.75, 3.05) is 0 Å². The van der Waals surface area contributed by atoms with Crippen LogP contribution >= 0.6 is 0 Å². The monoisotopic (exact) mass is 155 g/mol. The maximum absolute atomic E-state index is 4.32. The summed E-state index contributed by atoms with van der Waals surface area (Å²) in [4.78, 5) is 4.32. The fourth-order valence-electron chi connectivity index (χ4n) is 1.98. The Labute approximate surface area is 71.5 Å². The molecule has 3 rings (SSSR count). The molecule has 0 aromatic heterocycles. The van der Waals surface area contributed by atoms with Crippen LogP contribution in [0.1, 0.15) is 16.7 Å². The molecule has 1 heterocycles. The van der Waals surface area contributed by atoms with Crippen LogP contribution in [0.3, 0.4) is 0 Å². The van der Waals surface area contributed by atoms with Crippen molar-refractivity contribution in [2.24, 2.45) is 4.99 Å². The van der Waals surface area contributed by atoms with Crippen molar-refractivity contribution < 1.29 is 0 Å². The van der Waals surface area contributed by atoms with E-state index in [-0.39, 0.29) is 0 Å². The van der Waals surface area contributed by atoms with E-state index < -0.39 is 0 Å². The van der Waals surface area contributed by atoms with E-state index in [1.165, 1.54) is 22.4 Å². The van der Waals surface area contributed by atoms with Gasteiger partial charge in [0.2, 0.25) is 0 Å². The van der Waals surface area contributed by atoms with Crippen LogP contribution in [0.4, 0.5) is 5.69 Å². The lowest BCUT2D eigenvalue weighted by Crippen LogP contribution is -1.90. The highest BCUT2D eigenvalue weighted by Gasteiger charge is 2.15. The Balaban J connectivity index is 2.30. The molecule has 0 saturated carbocycles. The summed E-state index contributed by atoms with van der Waals surface area (Å²) in [6, 6.07) is 4.29. The quantitative estimate of drug-likeness (QED) is 0.546. The van der Waals surface area contributed by atoms with E-state index in [0.29, 0.717) is 0 Å². The molecule has 1 aliphatic carbocycles. The highest BCUT2D eigenvalue weighted by molar-refractivity contribution is 5.80. The molecule has 1 nitrogen and oxygen atoms in total. The first-order valence-electron chi connectivity index (χ1n) is 4.29. The highest BCUT2D eigenvalue weighted by atomic mass is 14.7. The van der Waals surface area contributed by atoms with Crippen LogP contribution in [0.5, 0.6) is 0 Å². The zero-order valence-corrected chi connectivity index (χ0v) is 6.75. The van der Waals surface area contributed by atoms with Gasteiger partial charge in [-0.25, -0.2) is 0 Å². The lowest BCUT2D eigenvalue weighted by molar-refractivity contribution is 1.23. The highest BCUT2D eigenvalue weighted by Crippen LogP contribution is 2.33. The van der Waals surface area contributed by atoms with Gasteiger partial charge in [-0.05, 0) is 29.2 Å². The molecule has 0 fully saturated rings. The zero-order chi connectivity index (χ0) is 7.97. The van der Waals surface area contributed by atoms with E-state index in [2.05, 4.69) is 29.3 Å². The zero-order valence-electron chi connectivity index (χ0n) is 6.75. The van der Waals surface area contributed by atoms with E-state index in [9.17, 15) is 0 Å². The molecular formula is C11H9N. The van der Waals surface area contributed by atoms with Crippen molar-refractivity contribution in [3.63, 3.8) is 0 Å². The molecule has 1 heteroatoms. The fourth-order valence-corrected chi connectivity index (χ4v) is 1.98. The number of hydrogen-bond donors (Lipinski definition) is 0. The molecule has 1 aromatic rings. The molecule has 0 radical (unpaired) electrons. The average Bonchev–Trinajstić information content (AvgIpc) is 2.71. The minimum atomic E-state index is 1.03. The van der Waals surface area contributed by atoms with E-state index in [0.717, 1.165) is 12.8 Å². The molecule has 0 saturated heterocycles. The van der Waals surface area contributed by atoms with Crippen LogP contribution in [0.25, 0.3) is 6.08 Å². The van der Waals surface area contributed by atoms with Gasteiger partial charge in [0.15, 0.2) is 0 Å². The molecule has 2 aliphatic rings. The molecule has 1 aliphatic heterocycles. The van der Waals surface area contributed by atoms with Crippen LogP contribution in [0.15, 0.2) is 23.2 Å². The van der Waals surface area contributed by atoms with Gasteiger partial charge in [-0.3, -0.25) is 4.99 Å². The summed E-state index contributed by atoms with van der Waals surface area (Å²) < 4.78 is 0. The maximum Gasteiger partial charge on any atom is 0.0664 e. The molecule has 58 valence electrons. The number of rotatable bonds is 0. The Morgan fingerprint density at radius 3 is 3.08 bits per heavy atom. The van der Waals surface area contributed by atoms with Crippen molar-refractivity contribution in [2.45, 2.75) is 12.8 Å². The minimum Gasteiger partial charge on any atom is -0.261 e. The number of allylic oxidation sites excluding steroid dienone is 1. The number of aliphatic imine (C=N–C) groups is 1. The predicted molar refractivity (Wildman–Crippen MR) is 51.0 cm³/mol. The topological polar surface area (TPSA) is 12.4 Å². The third-order valence-corrected chi connectivity index (χ3v) is 2.59. The second kappa shape index (κ2) is 2.07. The fraction of sp³-hybridized carbons (Fsp3) is 0.182. The normalized spacial score (nSPS) is 16.7. The van der Waals surface area contributed by atoms with E-state index >= 15 is 0 Å². The van der Waals surface area contributed by atoms with Crippen LogP contribution in [-0.4, -0.2) is 6.21 Å². The summed E-state index contributed by atoms with van der Waals surface area (Å²) in [5.74, 6) is 0. The first kappa shape index (κ1) is 6.18. The summed E-state index contributed by atoms with van der Waals surface area (Å²) in [6.45, 7) is 0. The predicted octanol–water partition coefficient (Wildman–Crippen LogP) is 2.51. The number of benzene rings is 1. The van der Waals surface area contributed by atoms with Gasteiger partial charge < -0.3 is 0 Å². The summed E-state index contributed by atoms with van der Waals surface area (Å²) >= 11 is 0. The average molecular weight is 155 g/mol. The van der Waals surface area contributed by atoms with Gasteiger partial charge in [-0.2, -0.15) is 0 Å². The minimum absolute atomic E-state index is 1.03. The van der Waals surface area contributed by atoms with Crippen molar-refractivity contribution in [3.8, 4) is 0 Å². The van der Waals surface area contributed by atoms with Gasteiger partial charge in [0.1, 0.15) is 0 Å². The number of hydrogen-bond acceptors (Lipinski definition) is 1. The SMILES string of the molecule is C1=Cc2ccc3c(c2C1)CC=N3. The smallest absolute Gasteiger partial charge is 0.0664 e. The van der Waals surface area contributed by atoms with Gasteiger partial charge in [0, 0.05) is 12.6 Å². The van der Waals surface area contributed by atoms with Crippen molar-refractivity contribution in [1.82, 2.24) is 0 Å². The van der Waals surface area contributed by atoms with E-state index in [1.54, 1.807) is 0 Å². The molecule has 0 atom stereocenters. The Morgan fingerprint density at radius 1 is 1.08 bits per heavy atom. The summed E-state index contributed by atoms with van der Waals surface area (Å²) in [5.41, 5.74) is 5.50. The molecule has 0 spiro atoms. The molecule has 0 amide bonds. The molecule has 0 unspecified atom stereocenters. The Kier molecular flexibility index (Phi) is 1.06. The van der Waals surface area contributed by atoms with Crippen LogP contribution < -0.4 is 0 Å². The molecule has 0 N–H and O–H groups in total. The Morgan fingerprint density at radius 2 is 2.08 bits per heavy atom. The summed E-state index contributed by atoms with van der Waals surface area (Å²) in [5, 5.41) is 0. The van der Waals surface area contributed by atoms with Crippen LogP contribution in [0.2, 0.25) is 0 Å². The van der Waals surface area contributed by atoms with Gasteiger partial charge in [-0.15, -0.1) is 0 Å². The second-order valence-electron chi connectivity index (χ2n) is 3.25.